The smallest absolute Gasteiger partial charge is 0.177 e. The second-order valence-electron chi connectivity index (χ2n) is 3.46. The normalized spacial score (nSPS) is 10.5. The molecule has 0 radical (unpaired) electrons. The summed E-state index contributed by atoms with van der Waals surface area (Å²) in [5, 5.41) is 0. The molecule has 0 atom stereocenters. The third kappa shape index (κ3) is 3.24. The van der Waals surface area contributed by atoms with Crippen molar-refractivity contribution >= 4 is 49.0 Å². The fourth-order valence-corrected chi connectivity index (χ4v) is 3.38. The van der Waals surface area contributed by atoms with Crippen LogP contribution in [0.4, 0.5) is 4.39 Å². The minimum absolute atomic E-state index is 0.00741. The van der Waals surface area contributed by atoms with E-state index in [9.17, 15) is 9.18 Å². The number of hydrogen-bond donors (Lipinski definition) is 0. The van der Waals surface area contributed by atoms with Crippen molar-refractivity contribution < 1.29 is 9.18 Å². The molecule has 1 aromatic heterocycles. The number of thiophene rings is 1. The summed E-state index contributed by atoms with van der Waals surface area (Å²) >= 11 is 8.05. The van der Waals surface area contributed by atoms with E-state index in [4.69, 9.17) is 0 Å². The van der Waals surface area contributed by atoms with Gasteiger partial charge in [-0.2, -0.15) is 0 Å². The van der Waals surface area contributed by atoms with E-state index in [1.165, 1.54) is 23.5 Å². The molecule has 0 fully saturated rings. The van der Waals surface area contributed by atoms with Crippen LogP contribution < -0.4 is 0 Å². The predicted octanol–water partition coefficient (Wildman–Crippen LogP) is 4.84. The predicted molar refractivity (Wildman–Crippen MR) is 74.2 cm³/mol. The van der Waals surface area contributed by atoms with Crippen molar-refractivity contribution in [2.45, 2.75) is 6.42 Å². The van der Waals surface area contributed by atoms with Gasteiger partial charge in [-0.25, -0.2) is 4.39 Å². The summed E-state index contributed by atoms with van der Waals surface area (Å²) in [4.78, 5) is 12.6. The fraction of sp³-hybridized carbons (Fsp3) is 0.0833. The van der Waals surface area contributed by atoms with E-state index in [0.717, 1.165) is 8.26 Å². The topological polar surface area (TPSA) is 17.1 Å². The number of ketones is 1. The van der Waals surface area contributed by atoms with Crippen LogP contribution in [0.25, 0.3) is 0 Å². The molecule has 5 heteroatoms. The van der Waals surface area contributed by atoms with Crippen molar-refractivity contribution in [2.24, 2.45) is 0 Å². The van der Waals surface area contributed by atoms with Crippen LogP contribution in [-0.2, 0) is 6.42 Å². The monoisotopic (exact) mass is 376 g/mol. The molecular formula is C12H7Br2FOS. The van der Waals surface area contributed by atoms with Gasteiger partial charge in [0.1, 0.15) is 5.82 Å². The van der Waals surface area contributed by atoms with Gasteiger partial charge >= 0.3 is 0 Å². The molecule has 17 heavy (non-hydrogen) atoms. The van der Waals surface area contributed by atoms with Gasteiger partial charge in [-0.1, -0.05) is 12.1 Å². The first-order chi connectivity index (χ1) is 8.06. The third-order valence-electron chi connectivity index (χ3n) is 2.17. The lowest BCUT2D eigenvalue weighted by molar-refractivity contribution is 0.0997. The number of hydrogen-bond acceptors (Lipinski definition) is 2. The molecular weight excluding hydrogens is 371 g/mol. The van der Waals surface area contributed by atoms with E-state index in [1.54, 1.807) is 18.2 Å². The zero-order valence-electron chi connectivity index (χ0n) is 8.54. The average molecular weight is 378 g/mol. The second-order valence-corrected chi connectivity index (χ2v) is 6.69. The van der Waals surface area contributed by atoms with Crippen LogP contribution in [0.1, 0.15) is 15.2 Å². The molecule has 1 aromatic carbocycles. The quantitative estimate of drug-likeness (QED) is 0.699. The van der Waals surface area contributed by atoms with Crippen molar-refractivity contribution in [1.82, 2.24) is 0 Å². The Morgan fingerprint density at radius 2 is 2.06 bits per heavy atom. The first-order valence-electron chi connectivity index (χ1n) is 4.79. The van der Waals surface area contributed by atoms with Crippen LogP contribution in [0.15, 0.2) is 38.6 Å². The summed E-state index contributed by atoms with van der Waals surface area (Å²) in [6.07, 6.45) is 0.219. The SMILES string of the molecule is O=C(Cc1cccc(F)c1)c1cc(Br)c(Br)s1. The Labute approximate surface area is 119 Å². The molecule has 1 heterocycles. The van der Waals surface area contributed by atoms with Gasteiger partial charge in [-0.15, -0.1) is 11.3 Å². The highest BCUT2D eigenvalue weighted by atomic mass is 79.9. The van der Waals surface area contributed by atoms with Gasteiger partial charge < -0.3 is 0 Å². The van der Waals surface area contributed by atoms with Gasteiger partial charge in [-0.05, 0) is 55.6 Å². The van der Waals surface area contributed by atoms with Gasteiger partial charge in [0.05, 0.1) is 8.66 Å². The molecule has 0 spiro atoms. The standard InChI is InChI=1S/C12H7Br2FOS/c13-9-6-11(17-12(9)14)10(16)5-7-2-1-3-8(15)4-7/h1-4,6H,5H2. The molecule has 0 N–H and O–H groups in total. The van der Waals surface area contributed by atoms with Crippen LogP contribution in [0, 0.1) is 5.82 Å². The summed E-state index contributed by atoms with van der Waals surface area (Å²) in [6, 6.07) is 7.88. The Bertz CT molecular complexity index is 546. The highest BCUT2D eigenvalue weighted by molar-refractivity contribution is 9.13. The molecule has 88 valence electrons. The first kappa shape index (κ1) is 12.9. The van der Waals surface area contributed by atoms with Crippen molar-refractivity contribution in [1.29, 1.82) is 0 Å². The van der Waals surface area contributed by atoms with Crippen molar-refractivity contribution in [2.75, 3.05) is 0 Å². The summed E-state index contributed by atoms with van der Waals surface area (Å²) in [5.74, 6) is -0.323. The molecule has 0 unspecified atom stereocenters. The summed E-state index contributed by atoms with van der Waals surface area (Å²) < 4.78 is 14.7. The zero-order valence-corrected chi connectivity index (χ0v) is 12.5. The summed E-state index contributed by atoms with van der Waals surface area (Å²) in [6.45, 7) is 0. The zero-order chi connectivity index (χ0) is 12.4. The number of rotatable bonds is 3. The number of carbonyl (C=O) groups is 1. The highest BCUT2D eigenvalue weighted by Gasteiger charge is 2.12. The molecule has 0 aliphatic rings. The Kier molecular flexibility index (Phi) is 4.12. The molecule has 0 saturated carbocycles. The van der Waals surface area contributed by atoms with Gasteiger partial charge in [0.15, 0.2) is 5.78 Å². The maximum atomic E-state index is 13.0. The van der Waals surface area contributed by atoms with Crippen molar-refractivity contribution in [3.8, 4) is 0 Å². The van der Waals surface area contributed by atoms with Gasteiger partial charge in [0, 0.05) is 10.9 Å². The number of benzene rings is 1. The first-order valence-corrected chi connectivity index (χ1v) is 7.19. The Morgan fingerprint density at radius 3 is 2.65 bits per heavy atom. The Balaban J connectivity index is 2.17. The molecule has 2 rings (SSSR count). The van der Waals surface area contributed by atoms with Crippen molar-refractivity contribution in [3.05, 3.63) is 54.8 Å². The van der Waals surface area contributed by atoms with Crippen LogP contribution in [-0.4, -0.2) is 5.78 Å². The van der Waals surface area contributed by atoms with Crippen LogP contribution in [0.3, 0.4) is 0 Å². The van der Waals surface area contributed by atoms with E-state index in [0.29, 0.717) is 10.4 Å². The minimum atomic E-state index is -0.316. The van der Waals surface area contributed by atoms with E-state index in [-0.39, 0.29) is 18.0 Å². The third-order valence-corrected chi connectivity index (χ3v) is 5.47. The Hall–Kier alpha value is -0.520. The maximum Gasteiger partial charge on any atom is 0.177 e. The average Bonchev–Trinajstić information content (AvgIpc) is 2.59. The van der Waals surface area contributed by atoms with E-state index < -0.39 is 0 Å². The molecule has 0 saturated heterocycles. The summed E-state index contributed by atoms with van der Waals surface area (Å²) in [7, 11) is 0. The number of carbonyl (C=O) groups excluding carboxylic acids is 1. The molecule has 1 nitrogen and oxygen atoms in total. The second kappa shape index (κ2) is 5.42. The van der Waals surface area contributed by atoms with Crippen LogP contribution in [0.2, 0.25) is 0 Å². The van der Waals surface area contributed by atoms with E-state index in [1.807, 2.05) is 0 Å². The lowest BCUT2D eigenvalue weighted by Gasteiger charge is -1.99. The van der Waals surface area contributed by atoms with Gasteiger partial charge in [0.2, 0.25) is 0 Å². The van der Waals surface area contributed by atoms with Crippen LogP contribution >= 0.6 is 43.2 Å². The maximum absolute atomic E-state index is 13.0. The molecule has 0 bridgehead atoms. The fourth-order valence-electron chi connectivity index (χ4n) is 1.40. The van der Waals surface area contributed by atoms with E-state index in [2.05, 4.69) is 31.9 Å². The lowest BCUT2D eigenvalue weighted by Crippen LogP contribution is -2.01. The highest BCUT2D eigenvalue weighted by Crippen LogP contribution is 2.32. The largest absolute Gasteiger partial charge is 0.293 e. The Morgan fingerprint density at radius 1 is 1.29 bits per heavy atom. The number of Topliss-reactive ketones (excluding diaryl/α,β-unsaturated/α-hetero) is 1. The summed E-state index contributed by atoms with van der Waals surface area (Å²) in [5.41, 5.74) is 0.690. The molecule has 2 aromatic rings. The molecule has 0 aliphatic carbocycles. The van der Waals surface area contributed by atoms with Crippen LogP contribution in [0.5, 0.6) is 0 Å². The van der Waals surface area contributed by atoms with E-state index >= 15 is 0 Å². The van der Waals surface area contributed by atoms with Gasteiger partial charge in [0.25, 0.3) is 0 Å². The number of halogens is 3. The molecule has 0 aliphatic heterocycles. The van der Waals surface area contributed by atoms with Crippen molar-refractivity contribution in [3.63, 3.8) is 0 Å². The molecule has 0 amide bonds. The lowest BCUT2D eigenvalue weighted by atomic mass is 10.1. The minimum Gasteiger partial charge on any atom is -0.293 e. The van der Waals surface area contributed by atoms with Gasteiger partial charge in [-0.3, -0.25) is 4.79 Å².